The first-order valence-corrected chi connectivity index (χ1v) is 9.69. The molecule has 0 aromatic heterocycles. The summed E-state index contributed by atoms with van der Waals surface area (Å²) in [6.45, 7) is 3.87. The number of ketones is 2. The molecule has 0 saturated heterocycles. The van der Waals surface area contributed by atoms with E-state index in [2.05, 4.69) is 0 Å². The van der Waals surface area contributed by atoms with Gasteiger partial charge in [0.2, 0.25) is 5.78 Å². The highest BCUT2D eigenvalue weighted by Crippen LogP contribution is 2.61. The molecule has 7 nitrogen and oxygen atoms in total. The molecule has 0 amide bonds. The molecule has 28 heavy (non-hydrogen) atoms. The molecular formula is C21H26O7. The van der Waals surface area contributed by atoms with Crippen LogP contribution in [0.5, 0.6) is 0 Å². The number of hydrogen-bond donors (Lipinski definition) is 2. The largest absolute Gasteiger partial charge is 0.504 e. The Labute approximate surface area is 163 Å². The normalized spacial score (nSPS) is 32.4. The third-order valence-corrected chi connectivity index (χ3v) is 6.55. The molecule has 3 rings (SSSR count). The minimum absolute atomic E-state index is 0.0155. The van der Waals surface area contributed by atoms with Crippen LogP contribution in [0.3, 0.4) is 0 Å². The van der Waals surface area contributed by atoms with Crippen LogP contribution in [0.2, 0.25) is 0 Å². The molecule has 0 unspecified atom stereocenters. The predicted molar refractivity (Wildman–Crippen MR) is 98.4 cm³/mol. The molecule has 0 aliphatic heterocycles. The Morgan fingerprint density at radius 1 is 1.21 bits per heavy atom. The van der Waals surface area contributed by atoms with Crippen molar-refractivity contribution in [3.8, 4) is 0 Å². The van der Waals surface area contributed by atoms with Crippen molar-refractivity contribution in [1.82, 2.24) is 0 Å². The topological polar surface area (TPSA) is 118 Å². The van der Waals surface area contributed by atoms with Crippen LogP contribution in [0.15, 0.2) is 23.0 Å². The van der Waals surface area contributed by atoms with Crippen LogP contribution in [-0.2, 0) is 23.9 Å². The van der Waals surface area contributed by atoms with Gasteiger partial charge in [-0.15, -0.1) is 0 Å². The second kappa shape index (κ2) is 7.18. The summed E-state index contributed by atoms with van der Waals surface area (Å²) in [6.07, 6.45) is 4.07. The van der Waals surface area contributed by atoms with Crippen molar-refractivity contribution in [3.05, 3.63) is 23.0 Å². The van der Waals surface area contributed by atoms with Crippen molar-refractivity contribution in [2.24, 2.45) is 16.7 Å². The highest BCUT2D eigenvalue weighted by Gasteiger charge is 2.56. The van der Waals surface area contributed by atoms with Gasteiger partial charge >= 0.3 is 11.9 Å². The second-order valence-electron chi connectivity index (χ2n) is 8.60. The highest BCUT2D eigenvalue weighted by atomic mass is 16.5. The lowest BCUT2D eigenvalue weighted by Gasteiger charge is -2.54. The Morgan fingerprint density at radius 2 is 1.93 bits per heavy atom. The van der Waals surface area contributed by atoms with Gasteiger partial charge in [0.1, 0.15) is 6.61 Å². The smallest absolute Gasteiger partial charge is 0.306 e. The quantitative estimate of drug-likeness (QED) is 0.693. The molecule has 1 fully saturated rings. The number of aliphatic hydroxyl groups is 1. The molecular weight excluding hydrogens is 364 g/mol. The standard InChI is InChI=1S/C21H26O7/c1-20(11-28-16(25)7-6-15(23)24)8-3-9-21(2)14-5-4-12(22)10-13(14)17(26)18(27)19(20)21/h10,14,27H,3-9,11H2,1-2H3,(H,23,24)/t14-,20-,21+/m0/s1. The number of fused-ring (bicyclic) bond motifs is 3. The summed E-state index contributed by atoms with van der Waals surface area (Å²) in [5.74, 6) is -2.74. The molecule has 152 valence electrons. The Morgan fingerprint density at radius 3 is 2.61 bits per heavy atom. The number of ether oxygens (including phenoxy) is 1. The number of hydrogen-bond acceptors (Lipinski definition) is 6. The lowest BCUT2D eigenvalue weighted by atomic mass is 9.50. The van der Waals surface area contributed by atoms with Crippen LogP contribution in [0.1, 0.15) is 58.8 Å². The van der Waals surface area contributed by atoms with E-state index in [0.29, 0.717) is 30.4 Å². The highest BCUT2D eigenvalue weighted by molar-refractivity contribution is 6.13. The summed E-state index contributed by atoms with van der Waals surface area (Å²) in [5.41, 5.74) is -0.189. The van der Waals surface area contributed by atoms with Crippen molar-refractivity contribution in [2.45, 2.75) is 58.8 Å². The third kappa shape index (κ3) is 3.38. The van der Waals surface area contributed by atoms with Gasteiger partial charge in [-0.1, -0.05) is 20.3 Å². The average molecular weight is 390 g/mol. The number of carbonyl (C=O) groups is 4. The van der Waals surface area contributed by atoms with E-state index < -0.39 is 28.6 Å². The van der Waals surface area contributed by atoms with Gasteiger partial charge in [0.15, 0.2) is 11.5 Å². The van der Waals surface area contributed by atoms with Crippen LogP contribution in [0, 0.1) is 16.7 Å². The van der Waals surface area contributed by atoms with Crippen LogP contribution in [0.25, 0.3) is 0 Å². The number of carbonyl (C=O) groups excluding carboxylic acids is 3. The third-order valence-electron chi connectivity index (χ3n) is 6.55. The number of aliphatic carboxylic acids is 1. The van der Waals surface area contributed by atoms with Crippen LogP contribution in [-0.4, -0.2) is 40.3 Å². The second-order valence-corrected chi connectivity index (χ2v) is 8.60. The minimum atomic E-state index is -1.07. The Balaban J connectivity index is 1.91. The summed E-state index contributed by atoms with van der Waals surface area (Å²) >= 11 is 0. The van der Waals surface area contributed by atoms with Gasteiger partial charge in [-0.2, -0.15) is 0 Å². The monoisotopic (exact) mass is 390 g/mol. The van der Waals surface area contributed by atoms with Crippen molar-refractivity contribution in [1.29, 1.82) is 0 Å². The van der Waals surface area contributed by atoms with E-state index in [-0.39, 0.29) is 36.9 Å². The molecule has 0 radical (unpaired) electrons. The fourth-order valence-electron chi connectivity index (χ4n) is 5.28. The number of carboxylic acid groups (broad SMARTS) is 1. The van der Waals surface area contributed by atoms with Crippen molar-refractivity contribution in [3.63, 3.8) is 0 Å². The maximum absolute atomic E-state index is 12.8. The fraction of sp³-hybridized carbons (Fsp3) is 0.619. The van der Waals surface area contributed by atoms with Crippen LogP contribution >= 0.6 is 0 Å². The van der Waals surface area contributed by atoms with Crippen molar-refractivity contribution < 1.29 is 34.1 Å². The van der Waals surface area contributed by atoms with Gasteiger partial charge in [-0.25, -0.2) is 0 Å². The molecule has 3 aliphatic carbocycles. The van der Waals surface area contributed by atoms with Gasteiger partial charge in [-0.3, -0.25) is 19.2 Å². The molecule has 0 heterocycles. The summed E-state index contributed by atoms with van der Waals surface area (Å²) < 4.78 is 5.34. The summed E-state index contributed by atoms with van der Waals surface area (Å²) in [6, 6.07) is 0. The minimum Gasteiger partial charge on any atom is -0.504 e. The molecule has 0 spiro atoms. The van der Waals surface area contributed by atoms with Crippen molar-refractivity contribution >= 4 is 23.5 Å². The lowest BCUT2D eigenvalue weighted by Crippen LogP contribution is -2.50. The number of rotatable bonds is 5. The van der Waals surface area contributed by atoms with Gasteiger partial charge in [0, 0.05) is 22.8 Å². The van der Waals surface area contributed by atoms with E-state index in [1.165, 1.54) is 6.08 Å². The zero-order chi connectivity index (χ0) is 20.7. The fourth-order valence-corrected chi connectivity index (χ4v) is 5.28. The van der Waals surface area contributed by atoms with Crippen LogP contribution in [0.4, 0.5) is 0 Å². The number of aliphatic hydroxyl groups excluding tert-OH is 1. The first kappa shape index (κ1) is 20.3. The van der Waals surface area contributed by atoms with E-state index in [4.69, 9.17) is 9.84 Å². The van der Waals surface area contributed by atoms with E-state index in [9.17, 15) is 24.3 Å². The van der Waals surface area contributed by atoms with E-state index in [1.54, 1.807) is 0 Å². The lowest BCUT2D eigenvalue weighted by molar-refractivity contribution is -0.150. The van der Waals surface area contributed by atoms with E-state index in [0.717, 1.165) is 12.8 Å². The number of allylic oxidation sites excluding steroid dienone is 2. The first-order chi connectivity index (χ1) is 13.1. The SMILES string of the molecule is C[C@@]1(COC(=O)CCC(=O)O)CCC[C@@]2(C)C1=C(O)C(=O)C1=CC(=O)CC[C@@H]12. The Hall–Kier alpha value is -2.44. The number of Topliss-reactive ketones (excluding diaryl/α,β-unsaturated/α-hetero) is 1. The van der Waals surface area contributed by atoms with Gasteiger partial charge in [0.25, 0.3) is 0 Å². The number of esters is 1. The first-order valence-electron chi connectivity index (χ1n) is 9.69. The Bertz CT molecular complexity index is 806. The molecule has 0 bridgehead atoms. The van der Waals surface area contributed by atoms with Gasteiger partial charge in [-0.05, 0) is 36.8 Å². The number of carboxylic acids is 1. The zero-order valence-electron chi connectivity index (χ0n) is 16.2. The molecule has 2 N–H and O–H groups in total. The van der Waals surface area contributed by atoms with E-state index in [1.807, 2.05) is 13.8 Å². The molecule has 0 aromatic carbocycles. The predicted octanol–water partition coefficient (Wildman–Crippen LogP) is 2.89. The van der Waals surface area contributed by atoms with Crippen molar-refractivity contribution in [2.75, 3.05) is 6.61 Å². The average Bonchev–Trinajstić information content (AvgIpc) is 2.62. The van der Waals surface area contributed by atoms with Crippen LogP contribution < -0.4 is 0 Å². The maximum Gasteiger partial charge on any atom is 0.306 e. The van der Waals surface area contributed by atoms with Gasteiger partial charge < -0.3 is 14.9 Å². The zero-order valence-corrected chi connectivity index (χ0v) is 16.2. The summed E-state index contributed by atoms with van der Waals surface area (Å²) in [4.78, 5) is 47.2. The molecule has 1 saturated carbocycles. The maximum atomic E-state index is 12.8. The van der Waals surface area contributed by atoms with Gasteiger partial charge in [0.05, 0.1) is 12.8 Å². The molecule has 3 aliphatic rings. The summed E-state index contributed by atoms with van der Waals surface area (Å²) in [5, 5.41) is 19.5. The Kier molecular flexibility index (Phi) is 5.21. The molecule has 3 atom stereocenters. The summed E-state index contributed by atoms with van der Waals surface area (Å²) in [7, 11) is 0. The molecule has 0 aromatic rings. The van der Waals surface area contributed by atoms with E-state index >= 15 is 0 Å². The molecule has 7 heteroatoms.